The molecule has 0 bridgehead atoms. The molecule has 4 aliphatic rings. The van der Waals surface area contributed by atoms with E-state index in [0.29, 0.717) is 18.4 Å². The molecule has 4 nitrogen and oxygen atoms in total. The van der Waals surface area contributed by atoms with Gasteiger partial charge in [0.25, 0.3) is 0 Å². The molecule has 28 heavy (non-hydrogen) atoms. The van der Waals surface area contributed by atoms with E-state index < -0.39 is 0 Å². The first-order valence-electron chi connectivity index (χ1n) is 10.8. The average Bonchev–Trinajstić information content (AvgIpc) is 3.36. The van der Waals surface area contributed by atoms with Gasteiger partial charge in [0.15, 0.2) is 0 Å². The highest BCUT2D eigenvalue weighted by Crippen LogP contribution is 2.62. The van der Waals surface area contributed by atoms with Crippen molar-refractivity contribution in [3.63, 3.8) is 0 Å². The highest BCUT2D eigenvalue weighted by atomic mass is 19.1. The molecule has 5 rings (SSSR count). The Morgan fingerprint density at radius 2 is 2.04 bits per heavy atom. The summed E-state index contributed by atoms with van der Waals surface area (Å²) in [4.78, 5) is 12.6. The number of fused-ring (bicyclic) bond motifs is 3. The summed E-state index contributed by atoms with van der Waals surface area (Å²) in [6, 6.07) is 6.62. The molecule has 1 N–H and O–H groups in total. The minimum Gasteiger partial charge on any atom is -0.462 e. The molecule has 1 aromatic rings. The van der Waals surface area contributed by atoms with Crippen LogP contribution in [0.15, 0.2) is 24.3 Å². The summed E-state index contributed by atoms with van der Waals surface area (Å²) in [7, 11) is 0. The first-order valence-corrected chi connectivity index (χ1v) is 10.8. The lowest BCUT2D eigenvalue weighted by Gasteiger charge is -2.51. The standard InChI is InChI=1S/C23H30FNO3/c1-22-8-2-9-23(14-27-23)20(22)11-17-18(21(26)28-19(17)12-22)13-25-10-7-15-3-5-16(24)6-4-15/h3-6,17-20,25H,2,7-14H2,1H3/t17-,18+,19-,20-,22-,23+/m1/s1. The van der Waals surface area contributed by atoms with Gasteiger partial charge in [-0.3, -0.25) is 4.79 Å². The fourth-order valence-electron chi connectivity index (χ4n) is 6.33. The van der Waals surface area contributed by atoms with Crippen LogP contribution >= 0.6 is 0 Å². The molecule has 2 saturated heterocycles. The highest BCUT2D eigenvalue weighted by molar-refractivity contribution is 5.75. The molecule has 2 saturated carbocycles. The Labute approximate surface area is 166 Å². The fraction of sp³-hybridized carbons (Fsp3) is 0.696. The zero-order chi connectivity index (χ0) is 19.4. The van der Waals surface area contributed by atoms with E-state index in [1.807, 2.05) is 12.1 Å². The van der Waals surface area contributed by atoms with E-state index in [-0.39, 0.29) is 34.8 Å². The number of hydrogen-bond acceptors (Lipinski definition) is 4. The van der Waals surface area contributed by atoms with Gasteiger partial charge in [-0.1, -0.05) is 19.1 Å². The predicted molar refractivity (Wildman–Crippen MR) is 103 cm³/mol. The first kappa shape index (κ1) is 18.6. The summed E-state index contributed by atoms with van der Waals surface area (Å²) in [6.07, 6.45) is 6.58. The lowest BCUT2D eigenvalue weighted by atomic mass is 9.53. The Balaban J connectivity index is 1.20. The number of halogens is 1. The summed E-state index contributed by atoms with van der Waals surface area (Å²) >= 11 is 0. The fourth-order valence-corrected chi connectivity index (χ4v) is 6.33. The third kappa shape index (κ3) is 3.17. The molecule has 2 heterocycles. The van der Waals surface area contributed by atoms with E-state index in [4.69, 9.17) is 9.47 Å². The Morgan fingerprint density at radius 3 is 2.79 bits per heavy atom. The molecule has 6 atom stereocenters. The van der Waals surface area contributed by atoms with Crippen molar-refractivity contribution in [2.75, 3.05) is 19.7 Å². The lowest BCUT2D eigenvalue weighted by molar-refractivity contribution is -0.147. The molecular formula is C23H30FNO3. The smallest absolute Gasteiger partial charge is 0.310 e. The van der Waals surface area contributed by atoms with E-state index in [1.165, 1.54) is 31.4 Å². The van der Waals surface area contributed by atoms with Crippen LogP contribution in [-0.4, -0.2) is 37.4 Å². The van der Waals surface area contributed by atoms with Gasteiger partial charge < -0.3 is 14.8 Å². The summed E-state index contributed by atoms with van der Waals surface area (Å²) in [5.41, 5.74) is 1.45. The van der Waals surface area contributed by atoms with E-state index in [2.05, 4.69) is 12.2 Å². The van der Waals surface area contributed by atoms with Crippen LogP contribution in [0, 0.1) is 29.0 Å². The van der Waals surface area contributed by atoms with Crippen LogP contribution in [0.25, 0.3) is 0 Å². The van der Waals surface area contributed by atoms with E-state index in [1.54, 1.807) is 0 Å². The van der Waals surface area contributed by atoms with Crippen LogP contribution in [0.5, 0.6) is 0 Å². The maximum atomic E-state index is 13.0. The average molecular weight is 387 g/mol. The highest BCUT2D eigenvalue weighted by Gasteiger charge is 2.64. The third-order valence-electron chi connectivity index (χ3n) is 7.95. The molecule has 2 aliphatic carbocycles. The number of nitrogens with one attached hydrogen (secondary N) is 1. The number of rotatable bonds is 5. The molecule has 0 radical (unpaired) electrons. The molecular weight excluding hydrogens is 357 g/mol. The number of epoxide rings is 1. The Hall–Kier alpha value is -1.46. The second-order valence-corrected chi connectivity index (χ2v) is 9.68. The minimum absolute atomic E-state index is 0.0303. The third-order valence-corrected chi connectivity index (χ3v) is 7.95. The van der Waals surface area contributed by atoms with Gasteiger partial charge in [-0.15, -0.1) is 0 Å². The van der Waals surface area contributed by atoms with Crippen molar-refractivity contribution in [3.05, 3.63) is 35.6 Å². The largest absolute Gasteiger partial charge is 0.462 e. The Kier molecular flexibility index (Phi) is 4.51. The van der Waals surface area contributed by atoms with Gasteiger partial charge in [0.1, 0.15) is 11.9 Å². The second kappa shape index (κ2) is 6.81. The number of carbonyl (C=O) groups excluding carboxylic acids is 1. The van der Waals surface area contributed by atoms with Crippen molar-refractivity contribution in [1.29, 1.82) is 0 Å². The van der Waals surface area contributed by atoms with Gasteiger partial charge in [0.2, 0.25) is 0 Å². The van der Waals surface area contributed by atoms with Gasteiger partial charge in [0.05, 0.1) is 18.1 Å². The maximum Gasteiger partial charge on any atom is 0.310 e. The summed E-state index contributed by atoms with van der Waals surface area (Å²) in [5.74, 6) is 0.577. The Bertz CT molecular complexity index is 747. The van der Waals surface area contributed by atoms with Crippen molar-refractivity contribution in [2.24, 2.45) is 23.2 Å². The van der Waals surface area contributed by atoms with Crippen LogP contribution < -0.4 is 5.32 Å². The topological polar surface area (TPSA) is 50.9 Å². The second-order valence-electron chi connectivity index (χ2n) is 9.68. The van der Waals surface area contributed by atoms with Crippen LogP contribution in [0.2, 0.25) is 0 Å². The van der Waals surface area contributed by atoms with Gasteiger partial charge in [0, 0.05) is 12.5 Å². The van der Waals surface area contributed by atoms with Crippen LogP contribution in [0.1, 0.15) is 44.6 Å². The summed E-state index contributed by atoms with van der Waals surface area (Å²) in [5, 5.41) is 3.45. The van der Waals surface area contributed by atoms with Crippen molar-refractivity contribution >= 4 is 5.97 Å². The lowest BCUT2D eigenvalue weighted by Crippen LogP contribution is -2.51. The quantitative estimate of drug-likeness (QED) is 0.477. The summed E-state index contributed by atoms with van der Waals surface area (Å²) in [6.45, 7) is 4.73. The number of esters is 1. The van der Waals surface area contributed by atoms with Crippen molar-refractivity contribution < 1.29 is 18.7 Å². The summed E-state index contributed by atoms with van der Waals surface area (Å²) < 4.78 is 24.8. The number of carbonyl (C=O) groups is 1. The van der Waals surface area contributed by atoms with E-state index in [9.17, 15) is 9.18 Å². The Morgan fingerprint density at radius 1 is 1.25 bits per heavy atom. The molecule has 4 fully saturated rings. The molecule has 5 heteroatoms. The van der Waals surface area contributed by atoms with Crippen LogP contribution in [-0.2, 0) is 20.7 Å². The molecule has 0 aromatic heterocycles. The molecule has 1 aromatic carbocycles. The number of hydrogen-bond donors (Lipinski definition) is 1. The molecule has 2 aliphatic heterocycles. The van der Waals surface area contributed by atoms with Crippen molar-refractivity contribution in [2.45, 2.75) is 57.2 Å². The van der Waals surface area contributed by atoms with Crippen molar-refractivity contribution in [3.8, 4) is 0 Å². The zero-order valence-electron chi connectivity index (χ0n) is 16.6. The van der Waals surface area contributed by atoms with E-state index in [0.717, 1.165) is 38.0 Å². The molecule has 0 amide bonds. The van der Waals surface area contributed by atoms with Crippen LogP contribution in [0.3, 0.4) is 0 Å². The van der Waals surface area contributed by atoms with Crippen molar-refractivity contribution in [1.82, 2.24) is 5.32 Å². The van der Waals surface area contributed by atoms with Crippen LogP contribution in [0.4, 0.5) is 4.39 Å². The number of benzene rings is 1. The first-order chi connectivity index (χ1) is 13.5. The zero-order valence-corrected chi connectivity index (χ0v) is 16.6. The van der Waals surface area contributed by atoms with Gasteiger partial charge in [-0.25, -0.2) is 4.39 Å². The van der Waals surface area contributed by atoms with Gasteiger partial charge in [-0.05, 0) is 74.1 Å². The van der Waals surface area contributed by atoms with Gasteiger partial charge in [-0.2, -0.15) is 0 Å². The normalized spacial score (nSPS) is 41.4. The maximum absolute atomic E-state index is 13.0. The number of ether oxygens (including phenoxy) is 2. The van der Waals surface area contributed by atoms with E-state index >= 15 is 0 Å². The monoisotopic (exact) mass is 387 g/mol. The minimum atomic E-state index is -0.208. The van der Waals surface area contributed by atoms with Gasteiger partial charge >= 0.3 is 5.97 Å². The predicted octanol–water partition coefficient (Wildman–Crippen LogP) is 3.48. The molecule has 0 unspecified atom stereocenters. The SMILES string of the molecule is C[C@]12CCC[C@]3(CO3)[C@@H]1C[C@@H]1[C@H](CNCCc3ccc(F)cc3)C(=O)O[C@@H]1C2. The molecule has 152 valence electrons. The molecule has 1 spiro atoms.